The zero-order valence-corrected chi connectivity index (χ0v) is 16.9. The lowest BCUT2D eigenvalue weighted by Gasteiger charge is -2.22. The number of primary amides is 1. The van der Waals surface area contributed by atoms with E-state index in [1.54, 1.807) is 16.8 Å². The van der Waals surface area contributed by atoms with E-state index in [4.69, 9.17) is 20.7 Å². The number of benzene rings is 1. The van der Waals surface area contributed by atoms with Gasteiger partial charge in [-0.3, -0.25) is 9.59 Å². The van der Waals surface area contributed by atoms with Gasteiger partial charge >= 0.3 is 0 Å². The molecular formula is C20H27FN4O4. The van der Waals surface area contributed by atoms with Crippen molar-refractivity contribution >= 4 is 11.9 Å². The van der Waals surface area contributed by atoms with Crippen molar-refractivity contribution in [1.82, 2.24) is 14.8 Å². The molecule has 1 atom stereocenters. The largest absolute Gasteiger partial charge is 0.481 e. The number of halogens is 1. The van der Waals surface area contributed by atoms with Crippen LogP contribution in [-0.4, -0.2) is 43.5 Å². The van der Waals surface area contributed by atoms with Crippen LogP contribution in [0.4, 0.5) is 4.39 Å². The molecule has 1 aliphatic carbocycles. The maximum atomic E-state index is 14.6. The molecule has 2 aromatic rings. The third-order valence-electron chi connectivity index (χ3n) is 5.03. The molecule has 0 radical (unpaired) electrons. The van der Waals surface area contributed by atoms with Crippen LogP contribution in [0.3, 0.4) is 0 Å². The van der Waals surface area contributed by atoms with Crippen LogP contribution in [0.25, 0.3) is 0 Å². The van der Waals surface area contributed by atoms with Crippen LogP contribution in [-0.2, 0) is 28.0 Å². The molecule has 1 heterocycles. The minimum atomic E-state index is -0.833. The average Bonchev–Trinajstić information content (AvgIpc) is 2.97. The SMILES string of the molecule is CC(=O)O.CC1(C)CC1(c1ccccc1F)c1nc(CC(N)=O)nn1CCCO. The van der Waals surface area contributed by atoms with E-state index in [1.165, 1.54) is 6.07 Å². The lowest BCUT2D eigenvalue weighted by molar-refractivity contribution is -0.134. The van der Waals surface area contributed by atoms with Gasteiger partial charge in [0.05, 0.1) is 11.8 Å². The number of nitrogens with zero attached hydrogens (tertiary/aromatic N) is 3. The minimum Gasteiger partial charge on any atom is -0.481 e. The number of carboxylic acid groups (broad SMARTS) is 1. The molecule has 0 saturated heterocycles. The summed E-state index contributed by atoms with van der Waals surface area (Å²) in [4.78, 5) is 24.8. The van der Waals surface area contributed by atoms with Crippen molar-refractivity contribution in [2.45, 2.75) is 52.0 Å². The number of aliphatic hydroxyl groups is 1. The molecule has 0 aliphatic heterocycles. The van der Waals surface area contributed by atoms with E-state index in [2.05, 4.69) is 23.9 Å². The van der Waals surface area contributed by atoms with Crippen LogP contribution < -0.4 is 5.73 Å². The van der Waals surface area contributed by atoms with Crippen molar-refractivity contribution in [3.05, 3.63) is 47.3 Å². The number of aryl methyl sites for hydroxylation is 1. The summed E-state index contributed by atoms with van der Waals surface area (Å²) in [5, 5.41) is 21.0. The Hall–Kier alpha value is -2.81. The second-order valence-corrected chi connectivity index (χ2v) is 7.76. The normalized spacial score (nSPS) is 19.2. The Bertz CT molecular complexity index is 892. The van der Waals surface area contributed by atoms with Gasteiger partial charge in [-0.25, -0.2) is 14.1 Å². The summed E-state index contributed by atoms with van der Waals surface area (Å²) in [5.74, 6) is -0.659. The van der Waals surface area contributed by atoms with Gasteiger partial charge in [0.2, 0.25) is 5.91 Å². The van der Waals surface area contributed by atoms with Gasteiger partial charge in [-0.05, 0) is 24.3 Å². The van der Waals surface area contributed by atoms with Crippen molar-refractivity contribution in [3.8, 4) is 0 Å². The molecule has 1 saturated carbocycles. The summed E-state index contributed by atoms with van der Waals surface area (Å²) in [6.07, 6.45) is 1.17. The molecule has 1 aromatic heterocycles. The Kier molecular flexibility index (Phi) is 6.73. The number of nitrogens with two attached hydrogens (primary N) is 1. The molecule has 4 N–H and O–H groups in total. The van der Waals surface area contributed by atoms with E-state index in [1.807, 2.05) is 6.07 Å². The third-order valence-corrected chi connectivity index (χ3v) is 5.03. The molecule has 9 heteroatoms. The van der Waals surface area contributed by atoms with Gasteiger partial charge in [0.1, 0.15) is 11.6 Å². The number of rotatable bonds is 7. The van der Waals surface area contributed by atoms with Crippen LogP contribution in [0.5, 0.6) is 0 Å². The zero-order valence-electron chi connectivity index (χ0n) is 16.9. The van der Waals surface area contributed by atoms with E-state index in [-0.39, 0.29) is 24.3 Å². The van der Waals surface area contributed by atoms with Gasteiger partial charge in [-0.1, -0.05) is 32.0 Å². The Labute approximate surface area is 168 Å². The third kappa shape index (κ3) is 4.79. The van der Waals surface area contributed by atoms with Gasteiger partial charge in [-0.15, -0.1) is 0 Å². The molecule has 1 unspecified atom stereocenters. The summed E-state index contributed by atoms with van der Waals surface area (Å²) in [6.45, 7) is 5.68. The highest BCUT2D eigenvalue weighted by atomic mass is 19.1. The molecule has 1 aromatic carbocycles. The molecule has 1 amide bonds. The highest BCUT2D eigenvalue weighted by Gasteiger charge is 2.66. The zero-order chi connectivity index (χ0) is 21.8. The fourth-order valence-electron chi connectivity index (χ4n) is 3.70. The maximum absolute atomic E-state index is 14.6. The fourth-order valence-corrected chi connectivity index (χ4v) is 3.70. The van der Waals surface area contributed by atoms with E-state index >= 15 is 0 Å². The fraction of sp³-hybridized carbons (Fsp3) is 0.500. The Morgan fingerprint density at radius 1 is 1.31 bits per heavy atom. The number of carbonyl (C=O) groups is 2. The number of aliphatic hydroxyl groups excluding tert-OH is 1. The number of aliphatic carboxylic acids is 1. The van der Waals surface area contributed by atoms with Gasteiger partial charge in [0.25, 0.3) is 5.97 Å². The number of hydrogen-bond donors (Lipinski definition) is 3. The quantitative estimate of drug-likeness (QED) is 0.640. The topological polar surface area (TPSA) is 131 Å². The highest BCUT2D eigenvalue weighted by Crippen LogP contribution is 2.67. The molecule has 158 valence electrons. The molecule has 8 nitrogen and oxygen atoms in total. The van der Waals surface area contributed by atoms with Crippen molar-refractivity contribution in [3.63, 3.8) is 0 Å². The minimum absolute atomic E-state index is 0.0144. The monoisotopic (exact) mass is 406 g/mol. The first kappa shape index (κ1) is 22.5. The first-order valence-corrected chi connectivity index (χ1v) is 9.33. The summed E-state index contributed by atoms with van der Waals surface area (Å²) in [5.41, 5.74) is 5.06. The first-order chi connectivity index (χ1) is 13.5. The standard InChI is InChI=1S/C18H23FN4O2.C2H4O2/c1-17(2)11-18(17,12-6-3-4-7-13(12)19)16-21-15(10-14(20)25)22-23(16)8-5-9-24;1-2(3)4/h3-4,6-7,24H,5,8-11H2,1-2H3,(H2,20,25);1H3,(H,3,4). The number of carbonyl (C=O) groups excluding carboxylic acids is 1. The van der Waals surface area contributed by atoms with E-state index in [0.29, 0.717) is 30.2 Å². The predicted molar refractivity (Wildman–Crippen MR) is 104 cm³/mol. The average molecular weight is 406 g/mol. The number of aromatic nitrogens is 3. The second kappa shape index (κ2) is 8.69. The smallest absolute Gasteiger partial charge is 0.300 e. The van der Waals surface area contributed by atoms with E-state index < -0.39 is 17.3 Å². The van der Waals surface area contributed by atoms with Crippen molar-refractivity contribution in [2.24, 2.45) is 11.1 Å². The van der Waals surface area contributed by atoms with Crippen molar-refractivity contribution < 1.29 is 24.2 Å². The summed E-state index contributed by atoms with van der Waals surface area (Å²) in [7, 11) is 0. The Morgan fingerprint density at radius 3 is 2.38 bits per heavy atom. The van der Waals surface area contributed by atoms with Gasteiger partial charge in [0, 0.05) is 25.6 Å². The Morgan fingerprint density at radius 2 is 1.90 bits per heavy atom. The molecule has 3 rings (SSSR count). The van der Waals surface area contributed by atoms with Crippen LogP contribution in [0.15, 0.2) is 24.3 Å². The van der Waals surface area contributed by atoms with Crippen LogP contribution >= 0.6 is 0 Å². The number of carboxylic acids is 1. The van der Waals surface area contributed by atoms with E-state index in [9.17, 15) is 9.18 Å². The molecule has 1 aliphatic rings. The second-order valence-electron chi connectivity index (χ2n) is 7.76. The van der Waals surface area contributed by atoms with Gasteiger partial charge in [-0.2, -0.15) is 5.10 Å². The van der Waals surface area contributed by atoms with Gasteiger partial charge in [0.15, 0.2) is 5.82 Å². The van der Waals surface area contributed by atoms with Crippen LogP contribution in [0, 0.1) is 11.2 Å². The highest BCUT2D eigenvalue weighted by molar-refractivity contribution is 5.75. The summed E-state index contributed by atoms with van der Waals surface area (Å²) in [6, 6.07) is 6.71. The maximum Gasteiger partial charge on any atom is 0.300 e. The van der Waals surface area contributed by atoms with E-state index in [0.717, 1.165) is 13.3 Å². The van der Waals surface area contributed by atoms with Gasteiger partial charge < -0.3 is 15.9 Å². The summed E-state index contributed by atoms with van der Waals surface area (Å²) >= 11 is 0. The van der Waals surface area contributed by atoms with Crippen molar-refractivity contribution in [1.29, 1.82) is 0 Å². The molecule has 0 bridgehead atoms. The van der Waals surface area contributed by atoms with Crippen molar-refractivity contribution in [2.75, 3.05) is 6.61 Å². The molecular weight excluding hydrogens is 379 g/mol. The first-order valence-electron chi connectivity index (χ1n) is 9.33. The van der Waals surface area contributed by atoms with Crippen LogP contribution in [0.2, 0.25) is 0 Å². The van der Waals surface area contributed by atoms with Crippen LogP contribution in [0.1, 0.15) is 50.8 Å². The molecule has 1 fully saturated rings. The number of hydrogen-bond acceptors (Lipinski definition) is 5. The summed E-state index contributed by atoms with van der Waals surface area (Å²) < 4.78 is 16.3. The lowest BCUT2D eigenvalue weighted by atomic mass is 9.86. The Balaban J connectivity index is 0.000000687. The number of amides is 1. The lowest BCUT2D eigenvalue weighted by Crippen LogP contribution is -2.24. The molecule has 29 heavy (non-hydrogen) atoms. The predicted octanol–water partition coefficient (Wildman–Crippen LogP) is 1.63. The molecule has 0 spiro atoms.